The third-order valence-corrected chi connectivity index (χ3v) is 13.9. The van der Waals surface area contributed by atoms with Crippen LogP contribution >= 0.6 is 0 Å². The second-order valence-electron chi connectivity index (χ2n) is 14.3. The van der Waals surface area contributed by atoms with E-state index in [1.54, 1.807) is 6.07 Å². The summed E-state index contributed by atoms with van der Waals surface area (Å²) >= 11 is 0. The third kappa shape index (κ3) is 11.7. The van der Waals surface area contributed by atoms with Crippen molar-refractivity contribution in [3.63, 3.8) is 0 Å². The van der Waals surface area contributed by atoms with Gasteiger partial charge in [-0.3, -0.25) is 4.79 Å². The van der Waals surface area contributed by atoms with Gasteiger partial charge < -0.3 is 29.1 Å². The molecule has 260 valence electrons. The Kier molecular flexibility index (Phi) is 14.5. The molecule has 0 radical (unpaired) electrons. The van der Waals surface area contributed by atoms with Crippen LogP contribution in [0.1, 0.15) is 62.8 Å². The van der Waals surface area contributed by atoms with Gasteiger partial charge in [0.2, 0.25) is 5.56 Å². The number of aromatic nitrogens is 1. The number of pyridine rings is 1. The first-order chi connectivity index (χ1) is 23.0. The predicted molar refractivity (Wildman–Crippen MR) is 202 cm³/mol. The van der Waals surface area contributed by atoms with E-state index in [-0.39, 0.29) is 16.7 Å². The quantitative estimate of drug-likeness (QED) is 0.0730. The zero-order chi connectivity index (χ0) is 34.4. The van der Waals surface area contributed by atoms with Gasteiger partial charge >= 0.3 is 0 Å². The van der Waals surface area contributed by atoms with Crippen LogP contribution in [0.5, 0.6) is 5.75 Å². The second kappa shape index (κ2) is 18.5. The van der Waals surface area contributed by atoms with E-state index in [4.69, 9.17) is 13.9 Å². The van der Waals surface area contributed by atoms with E-state index < -0.39 is 8.32 Å². The molecule has 1 aromatic heterocycles. The first-order valence-electron chi connectivity index (χ1n) is 17.5. The number of H-pyrrole nitrogens is 1. The highest BCUT2D eigenvalue weighted by molar-refractivity contribution is 6.74. The zero-order valence-corrected chi connectivity index (χ0v) is 31.0. The Balaban J connectivity index is 1.29. The van der Waals surface area contributed by atoms with Gasteiger partial charge in [-0.2, -0.15) is 0 Å². The first-order valence-corrected chi connectivity index (χ1v) is 20.5. The molecule has 0 amide bonds. The summed E-state index contributed by atoms with van der Waals surface area (Å²) in [5, 5.41) is 4.70. The standard InChI is InChI=1S/C40H57N3O4Si/c1-40(2,3)48(5,6)47-37(30-41-25-14-9-15-28-45-29-27-43(4)26-24-32-16-10-7-11-17-32)34-20-22-36(39-35(34)21-23-38(44)42-39)46-31-33-18-12-8-13-19-33/h7-8,10-13,16-23,37,41H,9,14-15,24-31H2,1-6H3,(H,42,44)/t37-/m0/s1. The number of benzene rings is 3. The maximum Gasteiger partial charge on any atom is 0.248 e. The van der Waals surface area contributed by atoms with Gasteiger partial charge in [-0.05, 0) is 86.2 Å². The fourth-order valence-electron chi connectivity index (χ4n) is 5.39. The Morgan fingerprint density at radius 2 is 1.54 bits per heavy atom. The summed E-state index contributed by atoms with van der Waals surface area (Å²) in [7, 11) is 0.0529. The molecule has 0 saturated heterocycles. The fraction of sp³-hybridized carbons (Fsp3) is 0.475. The van der Waals surface area contributed by atoms with Crippen molar-refractivity contribution < 1.29 is 13.9 Å². The number of ether oxygens (including phenoxy) is 2. The molecule has 0 aliphatic heterocycles. The summed E-state index contributed by atoms with van der Waals surface area (Å²) in [5.41, 5.74) is 4.08. The molecule has 8 heteroatoms. The highest BCUT2D eigenvalue weighted by Gasteiger charge is 2.39. The van der Waals surface area contributed by atoms with Crippen LogP contribution in [-0.2, 0) is 22.2 Å². The predicted octanol–water partition coefficient (Wildman–Crippen LogP) is 8.12. The number of nitrogens with one attached hydrogen (secondary N) is 2. The molecule has 0 saturated carbocycles. The van der Waals surface area contributed by atoms with Crippen molar-refractivity contribution in [3.05, 3.63) is 112 Å². The number of nitrogens with zero attached hydrogens (tertiary/aromatic N) is 1. The van der Waals surface area contributed by atoms with Crippen LogP contribution in [-0.4, -0.2) is 64.6 Å². The highest BCUT2D eigenvalue weighted by Crippen LogP contribution is 2.41. The molecule has 4 aromatic rings. The molecule has 3 aromatic carbocycles. The molecule has 4 rings (SSSR count). The summed E-state index contributed by atoms with van der Waals surface area (Å²) in [4.78, 5) is 17.8. The topological polar surface area (TPSA) is 75.8 Å². The third-order valence-electron chi connectivity index (χ3n) is 9.43. The largest absolute Gasteiger partial charge is 0.487 e. The van der Waals surface area contributed by atoms with Crippen molar-refractivity contribution in [3.8, 4) is 5.75 Å². The summed E-state index contributed by atoms with van der Waals surface area (Å²) in [6.07, 6.45) is 4.15. The number of rotatable bonds is 20. The van der Waals surface area contributed by atoms with Crippen molar-refractivity contribution in [1.29, 1.82) is 0 Å². The molecular weight excluding hydrogens is 615 g/mol. The Morgan fingerprint density at radius 1 is 0.833 bits per heavy atom. The number of unbranched alkanes of at least 4 members (excludes halogenated alkanes) is 2. The van der Waals surface area contributed by atoms with Crippen LogP contribution in [0, 0.1) is 0 Å². The first kappa shape index (κ1) is 37.5. The molecule has 48 heavy (non-hydrogen) atoms. The van der Waals surface area contributed by atoms with E-state index in [1.807, 2.05) is 42.5 Å². The van der Waals surface area contributed by atoms with E-state index in [1.165, 1.54) is 5.56 Å². The van der Waals surface area contributed by atoms with Crippen LogP contribution in [0.25, 0.3) is 10.9 Å². The average Bonchev–Trinajstić information content (AvgIpc) is 3.07. The normalized spacial score (nSPS) is 12.9. The number of fused-ring (bicyclic) bond motifs is 1. The lowest BCUT2D eigenvalue weighted by Crippen LogP contribution is -2.43. The van der Waals surface area contributed by atoms with Gasteiger partial charge in [0.25, 0.3) is 0 Å². The zero-order valence-electron chi connectivity index (χ0n) is 30.0. The second-order valence-corrected chi connectivity index (χ2v) is 19.1. The number of hydrogen-bond acceptors (Lipinski definition) is 6. The minimum Gasteiger partial charge on any atom is -0.487 e. The molecule has 0 unspecified atom stereocenters. The van der Waals surface area contributed by atoms with Crippen molar-refractivity contribution in [1.82, 2.24) is 15.2 Å². The van der Waals surface area contributed by atoms with Crippen LogP contribution in [0.2, 0.25) is 18.1 Å². The van der Waals surface area contributed by atoms with Crippen LogP contribution in [0.4, 0.5) is 0 Å². The molecule has 0 spiro atoms. The molecule has 1 heterocycles. The molecule has 7 nitrogen and oxygen atoms in total. The lowest BCUT2D eigenvalue weighted by atomic mass is 10.0. The van der Waals surface area contributed by atoms with E-state index in [0.29, 0.717) is 24.4 Å². The Hall–Kier alpha value is -3.27. The Labute approximate surface area is 289 Å². The number of aromatic amines is 1. The number of likely N-dealkylation sites (N-methyl/N-ethyl adjacent to an activating group) is 1. The lowest BCUT2D eigenvalue weighted by molar-refractivity contribution is 0.108. The highest BCUT2D eigenvalue weighted by atomic mass is 28.4. The number of hydrogen-bond donors (Lipinski definition) is 2. The summed E-state index contributed by atoms with van der Waals surface area (Å²) in [6.45, 7) is 17.0. The molecule has 0 fully saturated rings. The fourth-order valence-corrected chi connectivity index (χ4v) is 6.67. The minimum atomic E-state index is -2.11. The maximum absolute atomic E-state index is 12.5. The van der Waals surface area contributed by atoms with Crippen molar-refractivity contribution in [2.24, 2.45) is 0 Å². The Morgan fingerprint density at radius 3 is 2.25 bits per heavy atom. The molecule has 0 aliphatic rings. The summed E-state index contributed by atoms with van der Waals surface area (Å²) < 4.78 is 19.2. The molecule has 2 N–H and O–H groups in total. The van der Waals surface area contributed by atoms with Crippen LogP contribution in [0.15, 0.2) is 89.7 Å². The van der Waals surface area contributed by atoms with Gasteiger partial charge in [0.05, 0.1) is 18.2 Å². The van der Waals surface area contributed by atoms with E-state index in [0.717, 1.165) is 75.0 Å². The summed E-state index contributed by atoms with van der Waals surface area (Å²) in [5.74, 6) is 0.662. The van der Waals surface area contributed by atoms with Crippen molar-refractivity contribution >= 4 is 19.2 Å². The molecular formula is C40H57N3O4Si. The van der Waals surface area contributed by atoms with Gasteiger partial charge in [0, 0.05) is 37.7 Å². The van der Waals surface area contributed by atoms with Crippen LogP contribution < -0.4 is 15.6 Å². The monoisotopic (exact) mass is 671 g/mol. The van der Waals surface area contributed by atoms with Crippen molar-refractivity contribution in [2.75, 3.05) is 46.4 Å². The molecule has 0 bridgehead atoms. The SMILES string of the molecule is CN(CCOCCCCCNC[C@H](O[Si](C)(C)C(C)(C)C)c1ccc(OCc2ccccc2)c2[nH]c(=O)ccc12)CCc1ccccc1. The van der Waals surface area contributed by atoms with Gasteiger partial charge in [-0.15, -0.1) is 0 Å². The van der Waals surface area contributed by atoms with Gasteiger partial charge in [-0.25, -0.2) is 0 Å². The maximum atomic E-state index is 12.5. The van der Waals surface area contributed by atoms with Gasteiger partial charge in [-0.1, -0.05) is 87.5 Å². The van der Waals surface area contributed by atoms with E-state index >= 15 is 0 Å². The average molecular weight is 672 g/mol. The lowest BCUT2D eigenvalue weighted by Gasteiger charge is -2.39. The van der Waals surface area contributed by atoms with Gasteiger partial charge in [0.15, 0.2) is 8.32 Å². The minimum absolute atomic E-state index is 0.0603. The van der Waals surface area contributed by atoms with Crippen LogP contribution in [0.3, 0.4) is 0 Å². The van der Waals surface area contributed by atoms with Crippen molar-refractivity contribution in [2.45, 2.75) is 77.3 Å². The van der Waals surface area contributed by atoms with Gasteiger partial charge in [0.1, 0.15) is 12.4 Å². The molecule has 1 atom stereocenters. The smallest absolute Gasteiger partial charge is 0.248 e. The molecule has 0 aliphatic carbocycles. The Bertz CT molecular complexity index is 1570. The van der Waals surface area contributed by atoms with E-state index in [2.05, 4.69) is 92.5 Å². The summed E-state index contributed by atoms with van der Waals surface area (Å²) in [6, 6.07) is 28.3. The van der Waals surface area contributed by atoms with E-state index in [9.17, 15) is 4.79 Å².